The number of nitrogens with zero attached hydrogens (tertiary/aromatic N) is 2. The summed E-state index contributed by atoms with van der Waals surface area (Å²) in [6, 6.07) is 64.5. The molecule has 0 spiro atoms. The molecule has 0 fully saturated rings. The molecule has 386 valence electrons. The fraction of sp³-hybridized carbons (Fsp3) is 0.280. The maximum atomic E-state index is 2.80. The lowest BCUT2D eigenvalue weighted by Crippen LogP contribution is -2.62. The van der Waals surface area contributed by atoms with Crippen molar-refractivity contribution in [2.75, 3.05) is 9.71 Å². The maximum absolute atomic E-state index is 2.80. The first kappa shape index (κ1) is 49.0. The number of benzene rings is 9. The average Bonchev–Trinajstić information content (AvgIpc) is 2.12. The molecule has 0 saturated carbocycles. The Hall–Kier alpha value is -7.36. The first-order valence-electron chi connectivity index (χ1n) is 28.8. The third-order valence-corrected chi connectivity index (χ3v) is 20.1. The third-order valence-electron chi connectivity index (χ3n) is 20.1. The smallest absolute Gasteiger partial charge is 0.333 e. The van der Waals surface area contributed by atoms with E-state index in [4.69, 9.17) is 0 Å². The van der Waals surface area contributed by atoms with Crippen LogP contribution in [-0.2, 0) is 27.1 Å². The number of hydrogen-bond donors (Lipinski definition) is 0. The fourth-order valence-corrected chi connectivity index (χ4v) is 16.1. The van der Waals surface area contributed by atoms with Crippen molar-refractivity contribution in [3.05, 3.63) is 231 Å². The summed E-state index contributed by atoms with van der Waals surface area (Å²) in [5, 5.41) is 0. The van der Waals surface area contributed by atoms with Gasteiger partial charge in [0, 0.05) is 55.8 Å². The summed E-state index contributed by atoms with van der Waals surface area (Å²) in [4.78, 5) is 5.58. The van der Waals surface area contributed by atoms with Crippen LogP contribution >= 0.6 is 0 Å². The molecule has 9 aromatic carbocycles. The molecule has 14 rings (SSSR count). The van der Waals surface area contributed by atoms with Crippen LogP contribution in [-0.4, -0.2) is 6.85 Å². The maximum Gasteiger partial charge on any atom is 0.333 e. The minimum absolute atomic E-state index is 0.00939. The predicted octanol–water partition coefficient (Wildman–Crippen LogP) is 18.6. The normalized spacial score (nSPS) is 17.7. The molecule has 9 aromatic rings. The number of fused-ring (bicyclic) bond motifs is 11. The van der Waals surface area contributed by atoms with Crippen LogP contribution in [0.4, 0.5) is 28.4 Å². The van der Waals surface area contributed by atoms with Gasteiger partial charge in [-0.3, -0.25) is 0 Å². The quantitative estimate of drug-likeness (QED) is 0.162. The largest absolute Gasteiger partial charge is 0.376 e. The summed E-state index contributed by atoms with van der Waals surface area (Å²) in [7, 11) is 0. The van der Waals surface area contributed by atoms with Crippen LogP contribution < -0.4 is 20.6 Å². The van der Waals surface area contributed by atoms with Gasteiger partial charge in [0.1, 0.15) is 0 Å². The first-order chi connectivity index (χ1) is 37.1. The highest BCUT2D eigenvalue weighted by atomic mass is 15.2. The molecule has 5 aliphatic rings. The molecular weight excluding hydrogens is 940 g/mol. The average molecular weight is 1010 g/mol. The molecule has 0 atom stereocenters. The highest BCUT2D eigenvalue weighted by molar-refractivity contribution is 6.93. The van der Waals surface area contributed by atoms with Crippen LogP contribution in [0.25, 0.3) is 44.5 Å². The molecule has 3 heteroatoms. The molecule has 0 aromatic heterocycles. The van der Waals surface area contributed by atoms with E-state index in [-0.39, 0.29) is 33.9 Å². The summed E-state index contributed by atoms with van der Waals surface area (Å²) in [6.45, 7) is 33.9. The van der Waals surface area contributed by atoms with E-state index in [0.717, 1.165) is 6.42 Å². The SMILES string of the molecule is Cc1cc(C)c(-c2cc3c4c(c2)N(c2cc5c(cc2C)C(C)(C)CCC5(C)C)c2cc5c(cc2B4N(c2ccccc2-c2ccccc2)c2ccc4c(c2-3)C(C)(C)c2ccccc2-4)C(C)(C)c2ccccc2C5(C)C)c(C)c1. The molecule has 3 aliphatic carbocycles. The molecule has 0 radical (unpaired) electrons. The summed E-state index contributed by atoms with van der Waals surface area (Å²) in [6.07, 6.45) is 2.32. The third kappa shape index (κ3) is 6.63. The van der Waals surface area contributed by atoms with Gasteiger partial charge in [0.15, 0.2) is 0 Å². The van der Waals surface area contributed by atoms with Gasteiger partial charge >= 0.3 is 6.85 Å². The zero-order valence-corrected chi connectivity index (χ0v) is 48.5. The molecule has 2 heterocycles. The van der Waals surface area contributed by atoms with Crippen molar-refractivity contribution in [1.82, 2.24) is 0 Å². The Bertz CT molecular complexity index is 4050. The standard InChI is InChI=1S/C75H73BN2/c1-44-36-46(3)67(47(4)37-44)49-39-53-68-63(33-32-52-51-27-18-20-28-54(51)75(13,14)69(52)68)78(62-31-23-19-26-50(62)48-24-16-15-17-25-48)76-61-41-59-60(74(11,12)56-30-22-21-29-55(56)73(59,9)10)43-65(61)77(66(40-49)70(53)76)64-42-58-57(38-45(64)2)71(5,6)34-35-72(58,7)8/h15-33,36-43H,34-35H2,1-14H3. The van der Waals surface area contributed by atoms with E-state index in [0.29, 0.717) is 0 Å². The van der Waals surface area contributed by atoms with Crippen LogP contribution in [0.2, 0.25) is 0 Å². The van der Waals surface area contributed by atoms with Crippen LogP contribution in [0.3, 0.4) is 0 Å². The van der Waals surface area contributed by atoms with Gasteiger partial charge in [0.2, 0.25) is 0 Å². The van der Waals surface area contributed by atoms with Crippen LogP contribution in [0, 0.1) is 27.7 Å². The Morgan fingerprint density at radius 3 is 1.59 bits per heavy atom. The number of anilines is 5. The number of aryl methyl sites for hydroxylation is 4. The van der Waals surface area contributed by atoms with Crippen LogP contribution in [0.5, 0.6) is 0 Å². The van der Waals surface area contributed by atoms with E-state index in [9.17, 15) is 0 Å². The van der Waals surface area contributed by atoms with Crippen molar-refractivity contribution in [2.24, 2.45) is 0 Å². The van der Waals surface area contributed by atoms with Gasteiger partial charge in [-0.1, -0.05) is 202 Å². The highest BCUT2D eigenvalue weighted by Gasteiger charge is 2.52. The Balaban J connectivity index is 1.19. The van der Waals surface area contributed by atoms with Crippen molar-refractivity contribution in [3.8, 4) is 44.5 Å². The highest BCUT2D eigenvalue weighted by Crippen LogP contribution is 2.60. The Morgan fingerprint density at radius 2 is 0.923 bits per heavy atom. The molecule has 78 heavy (non-hydrogen) atoms. The van der Waals surface area contributed by atoms with Gasteiger partial charge in [-0.05, 0) is 193 Å². The molecule has 0 bridgehead atoms. The summed E-state index contributed by atoms with van der Waals surface area (Å²) < 4.78 is 0. The first-order valence-corrected chi connectivity index (χ1v) is 28.8. The van der Waals surface area contributed by atoms with Gasteiger partial charge in [-0.15, -0.1) is 0 Å². The van der Waals surface area contributed by atoms with E-state index in [2.05, 4.69) is 270 Å². The lowest BCUT2D eigenvalue weighted by Gasteiger charge is -2.50. The van der Waals surface area contributed by atoms with Crippen LogP contribution in [0.1, 0.15) is 149 Å². The Morgan fingerprint density at radius 1 is 0.359 bits per heavy atom. The second-order valence-electron chi connectivity index (χ2n) is 27.0. The van der Waals surface area contributed by atoms with E-state index in [1.54, 1.807) is 0 Å². The van der Waals surface area contributed by atoms with Crippen LogP contribution in [0.15, 0.2) is 164 Å². The second kappa shape index (κ2) is 16.4. The topological polar surface area (TPSA) is 6.48 Å². The zero-order valence-electron chi connectivity index (χ0n) is 48.5. The van der Waals surface area contributed by atoms with Crippen molar-refractivity contribution in [3.63, 3.8) is 0 Å². The number of para-hydroxylation sites is 1. The predicted molar refractivity (Wildman–Crippen MR) is 334 cm³/mol. The van der Waals surface area contributed by atoms with Gasteiger partial charge < -0.3 is 9.71 Å². The second-order valence-corrected chi connectivity index (χ2v) is 27.0. The van der Waals surface area contributed by atoms with Crippen molar-refractivity contribution in [2.45, 2.75) is 137 Å². The van der Waals surface area contributed by atoms with Gasteiger partial charge in [-0.2, -0.15) is 0 Å². The van der Waals surface area contributed by atoms with Crippen molar-refractivity contribution < 1.29 is 0 Å². The van der Waals surface area contributed by atoms with Gasteiger partial charge in [0.25, 0.3) is 0 Å². The lowest BCUT2D eigenvalue weighted by molar-refractivity contribution is 0.332. The Labute approximate surface area is 465 Å². The van der Waals surface area contributed by atoms with Crippen molar-refractivity contribution in [1.29, 1.82) is 0 Å². The minimum Gasteiger partial charge on any atom is -0.376 e. The minimum atomic E-state index is -0.283. The summed E-state index contributed by atoms with van der Waals surface area (Å²) in [5.41, 5.74) is 35.3. The summed E-state index contributed by atoms with van der Waals surface area (Å²) >= 11 is 0. The number of rotatable bonds is 4. The zero-order chi connectivity index (χ0) is 54.3. The van der Waals surface area contributed by atoms with Gasteiger partial charge in [-0.25, -0.2) is 0 Å². The van der Waals surface area contributed by atoms with Gasteiger partial charge in [0.05, 0.1) is 0 Å². The molecule has 0 N–H and O–H groups in total. The molecule has 0 unspecified atom stereocenters. The molecule has 0 saturated heterocycles. The molecule has 2 aliphatic heterocycles. The monoisotopic (exact) mass is 1010 g/mol. The summed E-state index contributed by atoms with van der Waals surface area (Å²) in [5.74, 6) is 0. The van der Waals surface area contributed by atoms with E-state index >= 15 is 0 Å². The molecule has 0 amide bonds. The van der Waals surface area contributed by atoms with E-state index < -0.39 is 0 Å². The van der Waals surface area contributed by atoms with E-state index in [1.807, 2.05) is 0 Å². The Kier molecular flexibility index (Phi) is 10.3. The van der Waals surface area contributed by atoms with Crippen molar-refractivity contribution >= 4 is 46.2 Å². The molecular formula is C75H73BN2. The fourth-order valence-electron chi connectivity index (χ4n) is 16.1. The number of hydrogen-bond acceptors (Lipinski definition) is 2. The molecule has 2 nitrogen and oxygen atoms in total. The lowest BCUT2D eigenvalue weighted by atomic mass is 9.42. The van der Waals surface area contributed by atoms with E-state index in [1.165, 1.54) is 157 Å².